The fourth-order valence-corrected chi connectivity index (χ4v) is 2.65. The normalized spacial score (nSPS) is 21.7. The van der Waals surface area contributed by atoms with Crippen LogP contribution in [0, 0.1) is 5.92 Å². The van der Waals surface area contributed by atoms with Gasteiger partial charge in [0.1, 0.15) is 5.75 Å². The van der Waals surface area contributed by atoms with Gasteiger partial charge in [-0.3, -0.25) is 4.79 Å². The van der Waals surface area contributed by atoms with Gasteiger partial charge < -0.3 is 15.4 Å². The zero-order valence-electron chi connectivity index (χ0n) is 13.0. The Labute approximate surface area is 133 Å². The van der Waals surface area contributed by atoms with Crippen LogP contribution in [-0.4, -0.2) is 31.3 Å². The lowest BCUT2D eigenvalue weighted by Gasteiger charge is -2.27. The van der Waals surface area contributed by atoms with E-state index in [9.17, 15) is 18.0 Å². The van der Waals surface area contributed by atoms with Gasteiger partial charge in [0.05, 0.1) is 0 Å². The van der Waals surface area contributed by atoms with Crippen LogP contribution in [0.2, 0.25) is 0 Å². The van der Waals surface area contributed by atoms with Crippen LogP contribution in [0.25, 0.3) is 0 Å². The number of benzene rings is 1. The van der Waals surface area contributed by atoms with Crippen LogP contribution in [0.5, 0.6) is 5.75 Å². The van der Waals surface area contributed by atoms with Crippen molar-refractivity contribution >= 4 is 5.91 Å². The maximum Gasteiger partial charge on any atom is 0.422 e. The van der Waals surface area contributed by atoms with E-state index in [-0.39, 0.29) is 24.1 Å². The highest BCUT2D eigenvalue weighted by atomic mass is 19.4. The molecule has 1 aromatic rings. The van der Waals surface area contributed by atoms with Crippen molar-refractivity contribution in [1.82, 2.24) is 10.6 Å². The standard InChI is InChI=1S/C16H21F3N2O2/c1-11-8-12(6-7-20-11)15(22)21-9-13-4-2-3-5-14(13)23-10-16(17,18)19/h2-5,11-12,20H,6-10H2,1H3,(H,21,22)/t11-,12-/m0/s1. The van der Waals surface area contributed by atoms with Gasteiger partial charge in [0.25, 0.3) is 0 Å². The summed E-state index contributed by atoms with van der Waals surface area (Å²) >= 11 is 0. The van der Waals surface area contributed by atoms with E-state index in [1.54, 1.807) is 18.2 Å². The first kappa shape index (κ1) is 17.6. The van der Waals surface area contributed by atoms with Crippen molar-refractivity contribution < 1.29 is 22.7 Å². The molecule has 1 aliphatic rings. The molecule has 1 amide bonds. The highest BCUT2D eigenvalue weighted by molar-refractivity contribution is 5.78. The van der Waals surface area contributed by atoms with Crippen LogP contribution in [0.15, 0.2) is 24.3 Å². The van der Waals surface area contributed by atoms with Gasteiger partial charge in [-0.25, -0.2) is 0 Å². The Morgan fingerprint density at radius 1 is 1.39 bits per heavy atom. The smallest absolute Gasteiger partial charge is 0.422 e. The summed E-state index contributed by atoms with van der Waals surface area (Å²) in [7, 11) is 0. The van der Waals surface area contributed by atoms with Gasteiger partial charge in [-0.05, 0) is 32.4 Å². The molecule has 2 atom stereocenters. The lowest BCUT2D eigenvalue weighted by Crippen LogP contribution is -2.42. The van der Waals surface area contributed by atoms with Gasteiger partial charge in [-0.1, -0.05) is 18.2 Å². The minimum atomic E-state index is -4.39. The molecule has 2 N–H and O–H groups in total. The van der Waals surface area contributed by atoms with E-state index in [0.717, 1.165) is 19.4 Å². The summed E-state index contributed by atoms with van der Waals surface area (Å²) in [5.74, 6) is 0.0160. The van der Waals surface area contributed by atoms with E-state index in [1.807, 2.05) is 6.92 Å². The third-order valence-corrected chi connectivity index (χ3v) is 3.81. The molecule has 0 aromatic heterocycles. The van der Waals surface area contributed by atoms with E-state index < -0.39 is 12.8 Å². The number of piperidine rings is 1. The second-order valence-corrected chi connectivity index (χ2v) is 5.81. The van der Waals surface area contributed by atoms with E-state index in [0.29, 0.717) is 11.6 Å². The molecular weight excluding hydrogens is 309 g/mol. The number of para-hydroxylation sites is 1. The van der Waals surface area contributed by atoms with Gasteiger partial charge in [-0.2, -0.15) is 13.2 Å². The summed E-state index contributed by atoms with van der Waals surface area (Å²) < 4.78 is 41.6. The number of rotatable bonds is 5. The summed E-state index contributed by atoms with van der Waals surface area (Å²) in [6.45, 7) is 1.64. The number of ether oxygens (including phenoxy) is 1. The minimum absolute atomic E-state index is 0.0606. The first-order valence-electron chi connectivity index (χ1n) is 7.63. The van der Waals surface area contributed by atoms with Crippen LogP contribution in [-0.2, 0) is 11.3 Å². The van der Waals surface area contributed by atoms with Gasteiger partial charge in [-0.15, -0.1) is 0 Å². The van der Waals surface area contributed by atoms with E-state index in [1.165, 1.54) is 6.07 Å². The van der Waals surface area contributed by atoms with Crippen molar-refractivity contribution in [3.05, 3.63) is 29.8 Å². The summed E-state index contributed by atoms with van der Waals surface area (Å²) in [6, 6.07) is 6.72. The lowest BCUT2D eigenvalue weighted by atomic mass is 9.92. The number of carbonyl (C=O) groups is 1. The Kier molecular flexibility index (Phi) is 5.87. The van der Waals surface area contributed by atoms with Gasteiger partial charge >= 0.3 is 6.18 Å². The highest BCUT2D eigenvalue weighted by Crippen LogP contribution is 2.22. The van der Waals surface area contributed by atoms with Crippen LogP contribution >= 0.6 is 0 Å². The second kappa shape index (κ2) is 7.68. The molecule has 1 saturated heterocycles. The number of carbonyl (C=O) groups excluding carboxylic acids is 1. The van der Waals surface area contributed by atoms with Crippen molar-refractivity contribution in [2.24, 2.45) is 5.92 Å². The molecule has 7 heteroatoms. The molecule has 0 saturated carbocycles. The zero-order valence-corrected chi connectivity index (χ0v) is 13.0. The molecule has 0 unspecified atom stereocenters. The van der Waals surface area contributed by atoms with Gasteiger partial charge in [0, 0.05) is 24.1 Å². The maximum absolute atomic E-state index is 12.3. The van der Waals surface area contributed by atoms with Crippen molar-refractivity contribution in [1.29, 1.82) is 0 Å². The summed E-state index contributed by atoms with van der Waals surface area (Å²) in [5.41, 5.74) is 0.534. The minimum Gasteiger partial charge on any atom is -0.484 e. The SMILES string of the molecule is C[C@H]1C[C@@H](C(=O)NCc2ccccc2OCC(F)(F)F)CCN1. The molecule has 0 spiro atoms. The molecule has 0 bridgehead atoms. The molecule has 1 heterocycles. The van der Waals surface area contributed by atoms with Gasteiger partial charge in [0.15, 0.2) is 6.61 Å². The van der Waals surface area contributed by atoms with Crippen molar-refractivity contribution in [2.75, 3.05) is 13.2 Å². The number of alkyl halides is 3. The molecule has 4 nitrogen and oxygen atoms in total. The molecule has 1 aromatic carbocycles. The Morgan fingerprint density at radius 3 is 2.83 bits per heavy atom. The average molecular weight is 330 g/mol. The Balaban J connectivity index is 1.91. The van der Waals surface area contributed by atoms with Crippen LogP contribution in [0.4, 0.5) is 13.2 Å². The van der Waals surface area contributed by atoms with Crippen LogP contribution in [0.3, 0.4) is 0 Å². The maximum atomic E-state index is 12.3. The van der Waals surface area contributed by atoms with E-state index in [4.69, 9.17) is 4.74 Å². The molecule has 2 rings (SSSR count). The summed E-state index contributed by atoms with van der Waals surface area (Å²) in [5, 5.41) is 6.07. The number of amides is 1. The van der Waals surface area contributed by atoms with Crippen molar-refractivity contribution in [2.45, 2.75) is 38.5 Å². The monoisotopic (exact) mass is 330 g/mol. The first-order valence-corrected chi connectivity index (χ1v) is 7.63. The molecule has 0 aliphatic carbocycles. The predicted octanol–water partition coefficient (Wildman–Crippen LogP) is 2.63. The van der Waals surface area contributed by atoms with Gasteiger partial charge in [0.2, 0.25) is 5.91 Å². The molecule has 1 aliphatic heterocycles. The van der Waals surface area contributed by atoms with Crippen molar-refractivity contribution in [3.63, 3.8) is 0 Å². The largest absolute Gasteiger partial charge is 0.484 e. The van der Waals surface area contributed by atoms with Crippen molar-refractivity contribution in [3.8, 4) is 5.75 Å². The average Bonchev–Trinajstić information content (AvgIpc) is 2.50. The molecule has 0 radical (unpaired) electrons. The van der Waals surface area contributed by atoms with Crippen LogP contribution < -0.4 is 15.4 Å². The third-order valence-electron chi connectivity index (χ3n) is 3.81. The first-order chi connectivity index (χ1) is 10.8. The fourth-order valence-electron chi connectivity index (χ4n) is 2.65. The number of hydrogen-bond acceptors (Lipinski definition) is 3. The van der Waals surface area contributed by atoms with Crippen LogP contribution in [0.1, 0.15) is 25.3 Å². The predicted molar refractivity (Wildman–Crippen MR) is 80.0 cm³/mol. The molecular formula is C16H21F3N2O2. The molecule has 1 fully saturated rings. The Hall–Kier alpha value is -1.76. The topological polar surface area (TPSA) is 50.4 Å². The molecule has 23 heavy (non-hydrogen) atoms. The quantitative estimate of drug-likeness (QED) is 0.873. The highest BCUT2D eigenvalue weighted by Gasteiger charge is 2.29. The third kappa shape index (κ3) is 5.74. The summed E-state index contributed by atoms with van der Waals surface area (Å²) in [6.07, 6.45) is -2.86. The van der Waals surface area contributed by atoms with E-state index in [2.05, 4.69) is 10.6 Å². The number of hydrogen-bond donors (Lipinski definition) is 2. The second-order valence-electron chi connectivity index (χ2n) is 5.81. The number of nitrogens with one attached hydrogen (secondary N) is 2. The Morgan fingerprint density at radius 2 is 2.13 bits per heavy atom. The zero-order chi connectivity index (χ0) is 16.9. The summed E-state index contributed by atoms with van der Waals surface area (Å²) in [4.78, 5) is 12.2. The van der Waals surface area contributed by atoms with E-state index >= 15 is 0 Å². The lowest BCUT2D eigenvalue weighted by molar-refractivity contribution is -0.153. The number of halogens is 3. The fraction of sp³-hybridized carbons (Fsp3) is 0.562. The molecule has 128 valence electrons. The Bertz CT molecular complexity index is 534.